The molecule has 1 amide bonds. The minimum Gasteiger partial charge on any atom is -0.490 e. The first-order chi connectivity index (χ1) is 10.6. The number of methoxy groups -OCH3 is 1. The molecule has 1 aromatic rings. The van der Waals surface area contributed by atoms with Gasteiger partial charge >= 0.3 is 5.69 Å². The zero-order valence-electron chi connectivity index (χ0n) is 12.2. The maximum Gasteiger partial charge on any atom is 0.310 e. The van der Waals surface area contributed by atoms with E-state index in [9.17, 15) is 14.9 Å². The highest BCUT2D eigenvalue weighted by Gasteiger charge is 2.23. The quantitative estimate of drug-likeness (QED) is 0.480. The van der Waals surface area contributed by atoms with Gasteiger partial charge in [0.15, 0.2) is 5.75 Å². The smallest absolute Gasteiger partial charge is 0.310 e. The van der Waals surface area contributed by atoms with Crippen LogP contribution in [0.4, 0.5) is 5.69 Å². The van der Waals surface area contributed by atoms with Crippen LogP contribution in [0.3, 0.4) is 0 Å². The highest BCUT2D eigenvalue weighted by molar-refractivity contribution is 5.95. The molecule has 0 aromatic heterocycles. The molecule has 1 aromatic carbocycles. The number of carbonyl (C=O) groups excluding carboxylic acids is 1. The van der Waals surface area contributed by atoms with Crippen molar-refractivity contribution in [2.45, 2.75) is 12.5 Å². The molecule has 0 bridgehead atoms. The Morgan fingerprint density at radius 2 is 2.32 bits per heavy atom. The molecule has 7 heteroatoms. The largest absolute Gasteiger partial charge is 0.490 e. The molecule has 1 atom stereocenters. The molecule has 0 saturated carbocycles. The summed E-state index contributed by atoms with van der Waals surface area (Å²) in [6, 6.07) is 4.07. The predicted molar refractivity (Wildman–Crippen MR) is 78.7 cm³/mol. The van der Waals surface area contributed by atoms with E-state index in [0.717, 1.165) is 0 Å². The van der Waals surface area contributed by atoms with Gasteiger partial charge in [0.05, 0.1) is 18.6 Å². The van der Waals surface area contributed by atoms with Gasteiger partial charge in [0.25, 0.3) is 5.91 Å². The van der Waals surface area contributed by atoms with Gasteiger partial charge in [-0.15, -0.1) is 6.42 Å². The maximum absolute atomic E-state index is 12.5. The number of hydrogen-bond donors (Lipinski definition) is 0. The third kappa shape index (κ3) is 3.35. The molecule has 7 nitrogen and oxygen atoms in total. The van der Waals surface area contributed by atoms with Crippen molar-refractivity contribution >= 4 is 11.6 Å². The third-order valence-electron chi connectivity index (χ3n) is 3.44. The van der Waals surface area contributed by atoms with Gasteiger partial charge in [0.2, 0.25) is 0 Å². The summed E-state index contributed by atoms with van der Waals surface area (Å²) in [6.45, 7) is 1.27. The average molecular weight is 304 g/mol. The van der Waals surface area contributed by atoms with Crippen LogP contribution in [0.1, 0.15) is 16.8 Å². The third-order valence-corrected chi connectivity index (χ3v) is 3.44. The fourth-order valence-corrected chi connectivity index (χ4v) is 2.25. The molecule has 1 fully saturated rings. The highest BCUT2D eigenvalue weighted by Crippen LogP contribution is 2.28. The summed E-state index contributed by atoms with van der Waals surface area (Å²) in [5.74, 6) is 2.36. The zero-order valence-corrected chi connectivity index (χ0v) is 12.2. The van der Waals surface area contributed by atoms with Gasteiger partial charge in [-0.25, -0.2) is 0 Å². The van der Waals surface area contributed by atoms with Crippen LogP contribution in [0, 0.1) is 22.5 Å². The predicted octanol–water partition coefficient (Wildman–Crippen LogP) is 1.47. The first-order valence-electron chi connectivity index (χ1n) is 6.76. The Balaban J connectivity index is 2.19. The van der Waals surface area contributed by atoms with E-state index in [2.05, 4.69) is 5.92 Å². The Hall–Kier alpha value is -2.59. The first-order valence-corrected chi connectivity index (χ1v) is 6.76. The Bertz CT molecular complexity index is 623. The fraction of sp³-hybridized carbons (Fsp3) is 0.400. The van der Waals surface area contributed by atoms with Crippen molar-refractivity contribution in [3.8, 4) is 18.1 Å². The molecule has 2 rings (SSSR count). The topological polar surface area (TPSA) is 81.9 Å². The van der Waals surface area contributed by atoms with Crippen LogP contribution >= 0.6 is 0 Å². The van der Waals surface area contributed by atoms with Crippen molar-refractivity contribution in [2.24, 2.45) is 0 Å². The number of amides is 1. The van der Waals surface area contributed by atoms with Crippen LogP contribution in [0.15, 0.2) is 18.2 Å². The number of nitro benzene ring substituents is 1. The number of carbonyl (C=O) groups is 1. The second kappa shape index (κ2) is 6.91. The molecule has 1 aliphatic rings. The number of terminal acetylenes is 1. The molecule has 0 aliphatic carbocycles. The Morgan fingerprint density at radius 3 is 2.95 bits per heavy atom. The van der Waals surface area contributed by atoms with Gasteiger partial charge in [0, 0.05) is 37.2 Å². The van der Waals surface area contributed by atoms with Crippen LogP contribution < -0.4 is 4.74 Å². The van der Waals surface area contributed by atoms with Gasteiger partial charge in [0.1, 0.15) is 6.10 Å². The molecule has 0 radical (unpaired) electrons. The summed E-state index contributed by atoms with van der Waals surface area (Å²) in [4.78, 5) is 24.4. The van der Waals surface area contributed by atoms with E-state index in [-0.39, 0.29) is 23.4 Å². The minimum atomic E-state index is -0.551. The van der Waals surface area contributed by atoms with Gasteiger partial charge in [-0.3, -0.25) is 14.9 Å². The summed E-state index contributed by atoms with van der Waals surface area (Å²) in [5, 5.41) is 10.9. The SMILES string of the molecule is C#C[C@H]1CCN(C(=O)c2ccc([N+](=O)[O-])c(OC)c2)CCO1. The maximum atomic E-state index is 12.5. The minimum absolute atomic E-state index is 0.0587. The summed E-state index contributed by atoms with van der Waals surface area (Å²) < 4.78 is 10.4. The Kier molecular flexibility index (Phi) is 4.96. The number of benzene rings is 1. The lowest BCUT2D eigenvalue weighted by Crippen LogP contribution is -2.33. The van der Waals surface area contributed by atoms with Crippen molar-refractivity contribution in [1.29, 1.82) is 0 Å². The monoisotopic (exact) mass is 304 g/mol. The van der Waals surface area contributed by atoms with Crippen LogP contribution in [-0.4, -0.2) is 48.6 Å². The van der Waals surface area contributed by atoms with Crippen molar-refractivity contribution in [2.75, 3.05) is 26.8 Å². The molecular weight excluding hydrogens is 288 g/mol. The van der Waals surface area contributed by atoms with E-state index < -0.39 is 4.92 Å². The van der Waals surface area contributed by atoms with E-state index in [1.807, 2.05) is 0 Å². The lowest BCUT2D eigenvalue weighted by molar-refractivity contribution is -0.385. The van der Waals surface area contributed by atoms with E-state index in [1.54, 1.807) is 4.90 Å². The fourth-order valence-electron chi connectivity index (χ4n) is 2.25. The molecular formula is C15H16N2O5. The van der Waals surface area contributed by atoms with E-state index in [4.69, 9.17) is 15.9 Å². The Labute approximate surface area is 128 Å². The molecule has 1 aliphatic heterocycles. The molecule has 0 N–H and O–H groups in total. The molecule has 1 saturated heterocycles. The Morgan fingerprint density at radius 1 is 1.55 bits per heavy atom. The zero-order chi connectivity index (χ0) is 16.1. The van der Waals surface area contributed by atoms with Crippen LogP contribution in [0.5, 0.6) is 5.75 Å². The van der Waals surface area contributed by atoms with Crippen molar-refractivity contribution < 1.29 is 19.2 Å². The number of nitrogens with zero attached hydrogens (tertiary/aromatic N) is 2. The standard InChI is InChI=1S/C15H16N2O5/c1-3-12-6-7-16(8-9-22-12)15(18)11-4-5-13(17(19)20)14(10-11)21-2/h1,4-5,10,12H,6-9H2,2H3/t12-/m0/s1. The molecule has 0 unspecified atom stereocenters. The number of hydrogen-bond acceptors (Lipinski definition) is 5. The molecule has 1 heterocycles. The number of nitro groups is 1. The molecule has 116 valence electrons. The van der Waals surface area contributed by atoms with Gasteiger partial charge in [-0.1, -0.05) is 5.92 Å². The number of ether oxygens (including phenoxy) is 2. The van der Waals surface area contributed by atoms with Gasteiger partial charge in [-0.2, -0.15) is 0 Å². The van der Waals surface area contributed by atoms with Crippen LogP contribution in [0.2, 0.25) is 0 Å². The van der Waals surface area contributed by atoms with E-state index in [1.165, 1.54) is 25.3 Å². The highest BCUT2D eigenvalue weighted by atomic mass is 16.6. The summed E-state index contributed by atoms with van der Waals surface area (Å²) >= 11 is 0. The van der Waals surface area contributed by atoms with Gasteiger partial charge in [-0.05, 0) is 6.07 Å². The van der Waals surface area contributed by atoms with E-state index >= 15 is 0 Å². The second-order valence-electron chi connectivity index (χ2n) is 4.75. The lowest BCUT2D eigenvalue weighted by atomic mass is 10.1. The van der Waals surface area contributed by atoms with Crippen molar-refractivity contribution in [1.82, 2.24) is 4.90 Å². The normalized spacial score (nSPS) is 18.2. The number of rotatable bonds is 3. The molecule has 22 heavy (non-hydrogen) atoms. The second-order valence-corrected chi connectivity index (χ2v) is 4.75. The van der Waals surface area contributed by atoms with Crippen LogP contribution in [-0.2, 0) is 4.74 Å². The van der Waals surface area contributed by atoms with E-state index in [0.29, 0.717) is 31.7 Å². The average Bonchev–Trinajstić information content (AvgIpc) is 2.78. The van der Waals surface area contributed by atoms with Crippen molar-refractivity contribution in [3.63, 3.8) is 0 Å². The lowest BCUT2D eigenvalue weighted by Gasteiger charge is -2.19. The summed E-state index contributed by atoms with van der Waals surface area (Å²) in [5.41, 5.74) is 0.159. The van der Waals surface area contributed by atoms with Gasteiger partial charge < -0.3 is 14.4 Å². The summed E-state index contributed by atoms with van der Waals surface area (Å²) in [6.07, 6.45) is 5.60. The van der Waals surface area contributed by atoms with Crippen molar-refractivity contribution in [3.05, 3.63) is 33.9 Å². The first kappa shape index (κ1) is 15.8. The molecule has 0 spiro atoms. The van der Waals surface area contributed by atoms with Crippen LogP contribution in [0.25, 0.3) is 0 Å². The summed E-state index contributed by atoms with van der Waals surface area (Å²) in [7, 11) is 1.33.